The van der Waals surface area contributed by atoms with Crippen molar-refractivity contribution in [1.29, 1.82) is 0 Å². The van der Waals surface area contributed by atoms with Crippen LogP contribution < -0.4 is 5.32 Å². The maximum absolute atomic E-state index is 11.3. The van der Waals surface area contributed by atoms with Crippen LogP contribution in [-0.4, -0.2) is 12.5 Å². The van der Waals surface area contributed by atoms with Crippen molar-refractivity contribution in [2.75, 3.05) is 6.54 Å². The first-order valence-electron chi connectivity index (χ1n) is 4.79. The third-order valence-electron chi connectivity index (χ3n) is 1.68. The van der Waals surface area contributed by atoms with Crippen LogP contribution in [-0.2, 0) is 4.79 Å². The zero-order valence-corrected chi connectivity index (χ0v) is 11.2. The van der Waals surface area contributed by atoms with Crippen molar-refractivity contribution < 1.29 is 4.79 Å². The summed E-state index contributed by atoms with van der Waals surface area (Å²) >= 11 is 4.98. The van der Waals surface area contributed by atoms with Gasteiger partial charge in [-0.3, -0.25) is 4.79 Å². The predicted molar refractivity (Wildman–Crippen MR) is 68.9 cm³/mol. The monoisotopic (exact) mass is 287 g/mol. The number of hydrogen-bond donors (Lipinski definition) is 1. The number of thiophene rings is 1. The fourth-order valence-corrected chi connectivity index (χ4v) is 2.27. The van der Waals surface area contributed by atoms with Gasteiger partial charge in [0.15, 0.2) is 0 Å². The predicted octanol–water partition coefficient (Wildman–Crippen LogP) is 3.30. The molecule has 0 aliphatic carbocycles. The molecule has 0 radical (unpaired) electrons. The third-order valence-corrected chi connectivity index (χ3v) is 3.27. The first-order valence-corrected chi connectivity index (χ1v) is 6.40. The molecule has 0 bridgehead atoms. The first-order chi connectivity index (χ1) is 7.08. The topological polar surface area (TPSA) is 29.1 Å². The van der Waals surface area contributed by atoms with E-state index in [0.29, 0.717) is 5.92 Å². The summed E-state index contributed by atoms with van der Waals surface area (Å²) in [6.45, 7) is 4.86. The van der Waals surface area contributed by atoms with Crippen LogP contribution in [0.2, 0.25) is 0 Å². The Kier molecular flexibility index (Phi) is 5.05. The number of rotatable bonds is 4. The molecule has 4 heteroatoms. The fourth-order valence-electron chi connectivity index (χ4n) is 0.939. The molecule has 0 aliphatic heterocycles. The van der Waals surface area contributed by atoms with Crippen LogP contribution in [0.4, 0.5) is 0 Å². The van der Waals surface area contributed by atoms with Gasteiger partial charge in [-0.25, -0.2) is 0 Å². The maximum atomic E-state index is 11.3. The second kappa shape index (κ2) is 6.08. The summed E-state index contributed by atoms with van der Waals surface area (Å²) in [5, 5.41) is 2.83. The van der Waals surface area contributed by atoms with Crippen molar-refractivity contribution in [2.24, 2.45) is 5.92 Å². The van der Waals surface area contributed by atoms with Crippen molar-refractivity contribution in [3.63, 3.8) is 0 Å². The largest absolute Gasteiger partial charge is 0.352 e. The van der Waals surface area contributed by atoms with Gasteiger partial charge in [-0.15, -0.1) is 11.3 Å². The second-order valence-corrected chi connectivity index (χ2v) is 6.11. The molecule has 82 valence electrons. The molecule has 0 aromatic carbocycles. The Morgan fingerprint density at radius 2 is 2.33 bits per heavy atom. The average molecular weight is 288 g/mol. The molecule has 0 unspecified atom stereocenters. The van der Waals surface area contributed by atoms with Crippen LogP contribution in [0.5, 0.6) is 0 Å². The highest BCUT2D eigenvalue weighted by atomic mass is 79.9. The van der Waals surface area contributed by atoms with Gasteiger partial charge in [0.25, 0.3) is 0 Å². The molecule has 1 aromatic heterocycles. The molecule has 15 heavy (non-hydrogen) atoms. The van der Waals surface area contributed by atoms with Crippen molar-refractivity contribution in [3.05, 3.63) is 26.9 Å². The Morgan fingerprint density at radius 3 is 2.87 bits per heavy atom. The number of carbonyl (C=O) groups is 1. The summed E-state index contributed by atoms with van der Waals surface area (Å²) in [5.74, 6) is 0.450. The Labute approximate surface area is 103 Å². The molecule has 0 saturated carbocycles. The van der Waals surface area contributed by atoms with E-state index in [1.54, 1.807) is 17.4 Å². The minimum absolute atomic E-state index is 0.0341. The van der Waals surface area contributed by atoms with Crippen LogP contribution in [0.15, 0.2) is 22.0 Å². The molecule has 1 heterocycles. The lowest BCUT2D eigenvalue weighted by atomic mass is 10.2. The number of hydrogen-bond acceptors (Lipinski definition) is 2. The van der Waals surface area contributed by atoms with Gasteiger partial charge in [0.1, 0.15) is 0 Å². The van der Waals surface area contributed by atoms with Crippen molar-refractivity contribution in [3.8, 4) is 0 Å². The summed E-state index contributed by atoms with van der Waals surface area (Å²) in [4.78, 5) is 12.4. The van der Waals surface area contributed by atoms with Crippen LogP contribution in [0, 0.1) is 5.92 Å². The lowest BCUT2D eigenvalue weighted by Gasteiger charge is -2.03. The van der Waals surface area contributed by atoms with E-state index in [0.717, 1.165) is 15.2 Å². The average Bonchev–Trinajstić information content (AvgIpc) is 2.58. The van der Waals surface area contributed by atoms with Gasteiger partial charge in [-0.1, -0.05) is 13.8 Å². The number of halogens is 1. The SMILES string of the molecule is CC(C)CNC(=O)/C=C\c1ccc(Br)s1. The van der Waals surface area contributed by atoms with Crippen molar-refractivity contribution in [2.45, 2.75) is 13.8 Å². The van der Waals surface area contributed by atoms with E-state index >= 15 is 0 Å². The Hall–Kier alpha value is -0.610. The van der Waals surface area contributed by atoms with Gasteiger partial charge >= 0.3 is 0 Å². The molecule has 0 aliphatic rings. The van der Waals surface area contributed by atoms with Gasteiger partial charge in [0, 0.05) is 17.5 Å². The normalized spacial score (nSPS) is 11.2. The summed E-state index contributed by atoms with van der Waals surface area (Å²) < 4.78 is 1.07. The lowest BCUT2D eigenvalue weighted by molar-refractivity contribution is -0.116. The molecule has 0 spiro atoms. The van der Waals surface area contributed by atoms with Gasteiger partial charge in [0.2, 0.25) is 5.91 Å². The molecule has 1 aromatic rings. The van der Waals surface area contributed by atoms with Crippen LogP contribution in [0.1, 0.15) is 18.7 Å². The quantitative estimate of drug-likeness (QED) is 0.846. The molecule has 0 fully saturated rings. The molecule has 2 nitrogen and oxygen atoms in total. The molecule has 1 amide bonds. The number of nitrogens with one attached hydrogen (secondary N) is 1. The van der Waals surface area contributed by atoms with Crippen molar-refractivity contribution >= 4 is 39.2 Å². The minimum atomic E-state index is -0.0341. The standard InChI is InChI=1S/C11H14BrNOS/c1-8(2)7-13-11(14)6-4-9-3-5-10(12)15-9/h3-6,8H,7H2,1-2H3,(H,13,14)/b6-4-. The summed E-state index contributed by atoms with van der Waals surface area (Å²) in [6, 6.07) is 3.94. The van der Waals surface area contributed by atoms with E-state index in [1.807, 2.05) is 18.2 Å². The zero-order valence-electron chi connectivity index (χ0n) is 8.79. The van der Waals surface area contributed by atoms with Gasteiger partial charge < -0.3 is 5.32 Å². The zero-order chi connectivity index (χ0) is 11.3. The van der Waals surface area contributed by atoms with Crippen LogP contribution in [0.3, 0.4) is 0 Å². The van der Waals surface area contributed by atoms with Gasteiger partial charge in [-0.05, 0) is 40.1 Å². The smallest absolute Gasteiger partial charge is 0.244 e. The van der Waals surface area contributed by atoms with Gasteiger partial charge in [-0.2, -0.15) is 0 Å². The van der Waals surface area contributed by atoms with E-state index in [-0.39, 0.29) is 5.91 Å². The number of carbonyl (C=O) groups excluding carboxylic acids is 1. The third kappa shape index (κ3) is 5.14. The molecular formula is C11H14BrNOS. The molecule has 0 saturated heterocycles. The Balaban J connectivity index is 2.40. The van der Waals surface area contributed by atoms with E-state index < -0.39 is 0 Å². The second-order valence-electron chi connectivity index (χ2n) is 3.61. The number of amides is 1. The van der Waals surface area contributed by atoms with E-state index in [2.05, 4.69) is 35.1 Å². The van der Waals surface area contributed by atoms with Crippen LogP contribution >= 0.6 is 27.3 Å². The fraction of sp³-hybridized carbons (Fsp3) is 0.364. The Morgan fingerprint density at radius 1 is 1.60 bits per heavy atom. The van der Waals surface area contributed by atoms with E-state index in [9.17, 15) is 4.79 Å². The Bertz CT molecular complexity index is 357. The highest BCUT2D eigenvalue weighted by Gasteiger charge is 1.98. The van der Waals surface area contributed by atoms with Gasteiger partial charge in [0.05, 0.1) is 3.79 Å². The molecular weight excluding hydrogens is 274 g/mol. The van der Waals surface area contributed by atoms with E-state index in [4.69, 9.17) is 0 Å². The van der Waals surface area contributed by atoms with Crippen LogP contribution in [0.25, 0.3) is 6.08 Å². The summed E-state index contributed by atoms with van der Waals surface area (Å²) in [5.41, 5.74) is 0. The lowest BCUT2D eigenvalue weighted by Crippen LogP contribution is -2.25. The van der Waals surface area contributed by atoms with Crippen molar-refractivity contribution in [1.82, 2.24) is 5.32 Å². The molecule has 0 atom stereocenters. The summed E-state index contributed by atoms with van der Waals surface area (Å²) in [7, 11) is 0. The molecule has 1 N–H and O–H groups in total. The van der Waals surface area contributed by atoms with E-state index in [1.165, 1.54) is 0 Å². The maximum Gasteiger partial charge on any atom is 0.244 e. The highest BCUT2D eigenvalue weighted by Crippen LogP contribution is 2.22. The molecule has 1 rings (SSSR count). The minimum Gasteiger partial charge on any atom is -0.352 e. The highest BCUT2D eigenvalue weighted by molar-refractivity contribution is 9.11. The summed E-state index contributed by atoms with van der Waals surface area (Å²) in [6.07, 6.45) is 3.39. The first kappa shape index (κ1) is 12.5.